The summed E-state index contributed by atoms with van der Waals surface area (Å²) in [6, 6.07) is 6.45. The SMILES string of the molecule is O=C(NCCC(c1ccc(F)cc1)C1C=CC(F)=CC1)C1CCC(CO)CC1. The molecule has 3 nitrogen and oxygen atoms in total. The van der Waals surface area contributed by atoms with Gasteiger partial charge in [-0.2, -0.15) is 0 Å². The number of nitrogens with one attached hydrogen (secondary N) is 1. The molecule has 2 aliphatic rings. The highest BCUT2D eigenvalue weighted by molar-refractivity contribution is 5.78. The average Bonchev–Trinajstić information content (AvgIpc) is 2.73. The first-order valence-electron chi connectivity index (χ1n) is 10.2. The molecule has 0 radical (unpaired) electrons. The average molecular weight is 389 g/mol. The molecule has 0 saturated heterocycles. The predicted octanol–water partition coefficient (Wildman–Crippen LogP) is 4.64. The molecule has 1 aromatic rings. The number of carbonyl (C=O) groups is 1. The lowest BCUT2D eigenvalue weighted by Crippen LogP contribution is -2.35. The van der Waals surface area contributed by atoms with Crippen molar-refractivity contribution in [3.8, 4) is 0 Å². The van der Waals surface area contributed by atoms with Gasteiger partial charge in [-0.15, -0.1) is 0 Å². The molecule has 0 heterocycles. The largest absolute Gasteiger partial charge is 0.396 e. The van der Waals surface area contributed by atoms with Crippen LogP contribution in [0.5, 0.6) is 0 Å². The zero-order valence-electron chi connectivity index (χ0n) is 16.1. The summed E-state index contributed by atoms with van der Waals surface area (Å²) in [6.07, 6.45) is 9.72. The molecule has 0 bridgehead atoms. The smallest absolute Gasteiger partial charge is 0.223 e. The van der Waals surface area contributed by atoms with Gasteiger partial charge in [0.1, 0.15) is 11.6 Å². The Morgan fingerprint density at radius 1 is 1.14 bits per heavy atom. The molecule has 1 fully saturated rings. The topological polar surface area (TPSA) is 49.3 Å². The van der Waals surface area contributed by atoms with Crippen LogP contribution in [0.1, 0.15) is 50.0 Å². The van der Waals surface area contributed by atoms with Crippen LogP contribution in [-0.4, -0.2) is 24.2 Å². The van der Waals surface area contributed by atoms with E-state index in [1.54, 1.807) is 18.2 Å². The van der Waals surface area contributed by atoms with Gasteiger partial charge in [-0.25, -0.2) is 8.78 Å². The standard InChI is InChI=1S/C23H29F2NO2/c24-20-9-5-17(6-10-20)22(18-7-11-21(25)12-8-18)13-14-26-23(28)19-3-1-16(15-27)2-4-19/h5-7,9-12,16,18-19,22,27H,1-4,8,13-15H2,(H,26,28). The molecule has 0 spiro atoms. The monoisotopic (exact) mass is 389 g/mol. The van der Waals surface area contributed by atoms with Crippen LogP contribution < -0.4 is 5.32 Å². The predicted molar refractivity (Wildman–Crippen MR) is 106 cm³/mol. The van der Waals surface area contributed by atoms with Crippen molar-refractivity contribution in [3.63, 3.8) is 0 Å². The fourth-order valence-corrected chi connectivity index (χ4v) is 4.35. The molecule has 0 aromatic heterocycles. The Morgan fingerprint density at radius 2 is 1.86 bits per heavy atom. The highest BCUT2D eigenvalue weighted by Gasteiger charge is 2.27. The molecule has 1 amide bonds. The summed E-state index contributed by atoms with van der Waals surface area (Å²) in [7, 11) is 0. The first-order valence-corrected chi connectivity index (χ1v) is 10.2. The Balaban J connectivity index is 1.57. The fraction of sp³-hybridized carbons (Fsp3) is 0.522. The highest BCUT2D eigenvalue weighted by atomic mass is 19.1. The normalized spacial score (nSPS) is 25.8. The first-order chi connectivity index (χ1) is 13.6. The minimum absolute atomic E-state index is 0.0266. The summed E-state index contributed by atoms with van der Waals surface area (Å²) in [5.41, 5.74) is 1.00. The quantitative estimate of drug-likeness (QED) is 0.714. The van der Waals surface area contributed by atoms with Gasteiger partial charge in [0.25, 0.3) is 0 Å². The molecular formula is C23H29F2NO2. The molecule has 1 aromatic carbocycles. The van der Waals surface area contributed by atoms with Crippen LogP contribution in [-0.2, 0) is 4.79 Å². The van der Waals surface area contributed by atoms with Crippen molar-refractivity contribution in [2.45, 2.75) is 44.4 Å². The number of amides is 1. The van der Waals surface area contributed by atoms with E-state index in [0.29, 0.717) is 25.3 Å². The van der Waals surface area contributed by atoms with Crippen LogP contribution in [0.3, 0.4) is 0 Å². The Labute approximate surface area is 165 Å². The Kier molecular flexibility index (Phi) is 7.37. The third kappa shape index (κ3) is 5.51. The van der Waals surface area contributed by atoms with Crippen molar-refractivity contribution < 1.29 is 18.7 Å². The van der Waals surface area contributed by atoms with Gasteiger partial charge < -0.3 is 10.4 Å². The van der Waals surface area contributed by atoms with E-state index in [4.69, 9.17) is 0 Å². The zero-order valence-corrected chi connectivity index (χ0v) is 16.1. The molecular weight excluding hydrogens is 360 g/mol. The molecule has 152 valence electrons. The van der Waals surface area contributed by atoms with Gasteiger partial charge in [-0.05, 0) is 86.1 Å². The molecule has 28 heavy (non-hydrogen) atoms. The van der Waals surface area contributed by atoms with E-state index in [0.717, 1.165) is 31.2 Å². The van der Waals surface area contributed by atoms with Crippen molar-refractivity contribution in [3.05, 3.63) is 59.7 Å². The molecule has 2 aliphatic carbocycles. The number of halogens is 2. The van der Waals surface area contributed by atoms with Crippen molar-refractivity contribution >= 4 is 5.91 Å². The van der Waals surface area contributed by atoms with Gasteiger partial charge in [0.2, 0.25) is 5.91 Å². The van der Waals surface area contributed by atoms with Gasteiger partial charge in [-0.1, -0.05) is 18.2 Å². The third-order valence-corrected chi connectivity index (χ3v) is 6.13. The second-order valence-electron chi connectivity index (χ2n) is 7.99. The summed E-state index contributed by atoms with van der Waals surface area (Å²) in [5.74, 6) is 0.158. The van der Waals surface area contributed by atoms with Crippen LogP contribution in [0, 0.1) is 23.6 Å². The maximum absolute atomic E-state index is 13.3. The van der Waals surface area contributed by atoms with Gasteiger partial charge in [0.05, 0.1) is 0 Å². The Bertz CT molecular complexity index is 706. The van der Waals surface area contributed by atoms with Gasteiger partial charge >= 0.3 is 0 Å². The molecule has 2 atom stereocenters. The van der Waals surface area contributed by atoms with Crippen LogP contribution in [0.15, 0.2) is 48.3 Å². The number of hydrogen-bond acceptors (Lipinski definition) is 2. The number of aliphatic hydroxyl groups is 1. The van der Waals surface area contributed by atoms with Gasteiger partial charge in [0.15, 0.2) is 0 Å². The van der Waals surface area contributed by atoms with Crippen molar-refractivity contribution in [1.29, 1.82) is 0 Å². The maximum Gasteiger partial charge on any atom is 0.223 e. The van der Waals surface area contributed by atoms with Crippen molar-refractivity contribution in [2.24, 2.45) is 17.8 Å². The van der Waals surface area contributed by atoms with E-state index in [-0.39, 0.29) is 41.9 Å². The number of hydrogen-bond donors (Lipinski definition) is 2. The van der Waals surface area contributed by atoms with E-state index in [2.05, 4.69) is 5.32 Å². The van der Waals surface area contributed by atoms with E-state index in [9.17, 15) is 18.7 Å². The fourth-order valence-electron chi connectivity index (χ4n) is 4.35. The van der Waals surface area contributed by atoms with E-state index >= 15 is 0 Å². The van der Waals surface area contributed by atoms with E-state index in [1.165, 1.54) is 18.2 Å². The highest BCUT2D eigenvalue weighted by Crippen LogP contribution is 2.35. The van der Waals surface area contributed by atoms with E-state index < -0.39 is 0 Å². The molecule has 2 unspecified atom stereocenters. The number of carbonyl (C=O) groups excluding carboxylic acids is 1. The second-order valence-corrected chi connectivity index (χ2v) is 7.99. The third-order valence-electron chi connectivity index (χ3n) is 6.13. The maximum atomic E-state index is 13.3. The van der Waals surface area contributed by atoms with Crippen LogP contribution in [0.4, 0.5) is 8.78 Å². The van der Waals surface area contributed by atoms with Crippen molar-refractivity contribution in [1.82, 2.24) is 5.32 Å². The van der Waals surface area contributed by atoms with E-state index in [1.807, 2.05) is 6.08 Å². The number of rotatable bonds is 7. The van der Waals surface area contributed by atoms with Crippen LogP contribution >= 0.6 is 0 Å². The first kappa shape index (κ1) is 20.7. The minimum atomic E-state index is -0.278. The second kappa shape index (κ2) is 9.97. The minimum Gasteiger partial charge on any atom is -0.396 e. The number of allylic oxidation sites excluding steroid dienone is 4. The van der Waals surface area contributed by atoms with Crippen LogP contribution in [0.25, 0.3) is 0 Å². The summed E-state index contributed by atoms with van der Waals surface area (Å²) < 4.78 is 26.7. The summed E-state index contributed by atoms with van der Waals surface area (Å²) in [5, 5.41) is 12.3. The summed E-state index contributed by atoms with van der Waals surface area (Å²) >= 11 is 0. The lowest BCUT2D eigenvalue weighted by Gasteiger charge is -2.28. The number of aliphatic hydroxyl groups excluding tert-OH is 1. The molecule has 0 aliphatic heterocycles. The number of benzene rings is 1. The van der Waals surface area contributed by atoms with Crippen molar-refractivity contribution in [2.75, 3.05) is 13.2 Å². The molecule has 3 rings (SSSR count). The lowest BCUT2D eigenvalue weighted by atomic mass is 9.79. The Morgan fingerprint density at radius 3 is 2.46 bits per heavy atom. The van der Waals surface area contributed by atoms with Gasteiger partial charge in [-0.3, -0.25) is 4.79 Å². The van der Waals surface area contributed by atoms with Crippen LogP contribution in [0.2, 0.25) is 0 Å². The molecule has 1 saturated carbocycles. The summed E-state index contributed by atoms with van der Waals surface area (Å²) in [4.78, 5) is 12.5. The zero-order chi connectivity index (χ0) is 19.9. The Hall–Kier alpha value is -2.01. The van der Waals surface area contributed by atoms with Gasteiger partial charge in [0, 0.05) is 19.1 Å². The summed E-state index contributed by atoms with van der Waals surface area (Å²) in [6.45, 7) is 0.745. The molecule has 2 N–H and O–H groups in total. The molecule has 5 heteroatoms. The lowest BCUT2D eigenvalue weighted by molar-refractivity contribution is -0.126.